The molecule has 0 spiro atoms. The van der Waals surface area contributed by atoms with Crippen LogP contribution in [0.2, 0.25) is 0 Å². The Morgan fingerprint density at radius 2 is 1.86 bits per heavy atom. The van der Waals surface area contributed by atoms with Crippen molar-refractivity contribution >= 4 is 17.4 Å². The number of aromatic nitrogens is 1. The van der Waals surface area contributed by atoms with Gasteiger partial charge in [-0.1, -0.05) is 43.3 Å². The van der Waals surface area contributed by atoms with Crippen molar-refractivity contribution in [3.8, 4) is 16.9 Å². The number of ether oxygens (including phenoxy) is 1. The van der Waals surface area contributed by atoms with Crippen molar-refractivity contribution < 1.29 is 18.7 Å². The molecular weight excluding hydrogens is 467 g/mol. The molecule has 1 aliphatic carbocycles. The molecule has 0 N–H and O–H groups in total. The van der Waals surface area contributed by atoms with Crippen LogP contribution < -0.4 is 4.74 Å². The summed E-state index contributed by atoms with van der Waals surface area (Å²) in [6.45, 7) is 4.80. The molecule has 1 saturated carbocycles. The van der Waals surface area contributed by atoms with Crippen LogP contribution in [0.25, 0.3) is 16.6 Å². The third-order valence-electron chi connectivity index (χ3n) is 7.64. The summed E-state index contributed by atoms with van der Waals surface area (Å²) in [4.78, 5) is 27.7. The monoisotopic (exact) mass is 496 g/mol. The molecule has 37 heavy (non-hydrogen) atoms. The van der Waals surface area contributed by atoms with Gasteiger partial charge in [-0.05, 0) is 68.0 Å². The average Bonchev–Trinajstić information content (AvgIpc) is 3.68. The number of carbonyl (C=O) groups is 2. The lowest BCUT2D eigenvalue weighted by Gasteiger charge is -2.35. The molecule has 1 fully saturated rings. The highest BCUT2D eigenvalue weighted by Crippen LogP contribution is 2.35. The lowest BCUT2D eigenvalue weighted by molar-refractivity contribution is -0.136. The van der Waals surface area contributed by atoms with Crippen LogP contribution in [-0.4, -0.2) is 27.7 Å². The molecule has 6 heteroatoms. The first-order valence-corrected chi connectivity index (χ1v) is 13.0. The van der Waals surface area contributed by atoms with E-state index in [0.717, 1.165) is 30.5 Å². The fourth-order valence-corrected chi connectivity index (χ4v) is 5.37. The summed E-state index contributed by atoms with van der Waals surface area (Å²) in [6, 6.07) is 18.9. The first-order chi connectivity index (χ1) is 17.9. The highest BCUT2D eigenvalue weighted by molar-refractivity contribution is 5.96. The minimum absolute atomic E-state index is 0.00196. The maximum atomic E-state index is 15.4. The number of benzene rings is 2. The van der Waals surface area contributed by atoms with E-state index in [4.69, 9.17) is 4.74 Å². The van der Waals surface area contributed by atoms with Gasteiger partial charge in [0.25, 0.3) is 5.91 Å². The van der Waals surface area contributed by atoms with E-state index in [-0.39, 0.29) is 29.6 Å². The molecule has 0 unspecified atom stereocenters. The molecule has 1 amide bonds. The van der Waals surface area contributed by atoms with E-state index in [9.17, 15) is 9.59 Å². The Balaban J connectivity index is 1.34. The molecule has 5 nitrogen and oxygen atoms in total. The predicted octanol–water partition coefficient (Wildman–Crippen LogP) is 6.38. The van der Waals surface area contributed by atoms with Crippen molar-refractivity contribution in [2.75, 3.05) is 6.54 Å². The number of nitrogens with zero attached hydrogens (tertiary/aromatic N) is 2. The summed E-state index contributed by atoms with van der Waals surface area (Å²) in [6.07, 6.45) is 5.03. The fraction of sp³-hybridized carbons (Fsp3) is 0.290. The number of halogens is 1. The van der Waals surface area contributed by atoms with Gasteiger partial charge in [0.15, 0.2) is 11.6 Å². The van der Waals surface area contributed by atoms with Gasteiger partial charge in [0.2, 0.25) is 0 Å². The van der Waals surface area contributed by atoms with E-state index in [0.29, 0.717) is 29.7 Å². The molecule has 3 heterocycles. The molecule has 188 valence electrons. The molecule has 1 atom stereocenters. The second-order valence-corrected chi connectivity index (χ2v) is 10.0. The SMILES string of the molecule is CCc1cc(C(=O)N2CCc3ccccc3[C@H]2C)cc2cc(-c3cccc(OC(=O)C4CC4)c3F)cn12. The van der Waals surface area contributed by atoms with Crippen molar-refractivity contribution in [1.82, 2.24) is 9.30 Å². The van der Waals surface area contributed by atoms with E-state index in [1.807, 2.05) is 52.8 Å². The van der Waals surface area contributed by atoms with Crippen LogP contribution in [-0.2, 0) is 17.6 Å². The van der Waals surface area contributed by atoms with Gasteiger partial charge in [-0.2, -0.15) is 0 Å². The number of esters is 1. The zero-order chi connectivity index (χ0) is 25.7. The maximum absolute atomic E-state index is 15.4. The Bertz CT molecular complexity index is 1530. The smallest absolute Gasteiger partial charge is 0.314 e. The first kappa shape index (κ1) is 23.5. The summed E-state index contributed by atoms with van der Waals surface area (Å²) < 4.78 is 22.7. The van der Waals surface area contributed by atoms with Crippen molar-refractivity contribution in [3.05, 3.63) is 95.1 Å². The maximum Gasteiger partial charge on any atom is 0.314 e. The van der Waals surface area contributed by atoms with E-state index < -0.39 is 5.82 Å². The topological polar surface area (TPSA) is 51.0 Å². The summed E-state index contributed by atoms with van der Waals surface area (Å²) in [5, 5.41) is 0. The van der Waals surface area contributed by atoms with Crippen LogP contribution in [0.4, 0.5) is 4.39 Å². The second kappa shape index (κ2) is 9.18. The van der Waals surface area contributed by atoms with Crippen molar-refractivity contribution in [1.29, 1.82) is 0 Å². The van der Waals surface area contributed by atoms with Crippen molar-refractivity contribution in [2.24, 2.45) is 5.92 Å². The zero-order valence-electron chi connectivity index (χ0n) is 21.0. The normalized spacial score (nSPS) is 17.1. The standard InChI is InChI=1S/C31H29FN2O3/c1-3-24-15-22(30(35)33-14-13-20-7-4-5-8-26(20)19(33)2)16-25-17-23(18-34(24)25)27-9-6-10-28(29(27)32)37-31(36)21-11-12-21/h4-10,15-19,21H,3,11-14H2,1-2H3/t19-/m1/s1. The Labute approximate surface area is 215 Å². The molecule has 0 saturated heterocycles. The first-order valence-electron chi connectivity index (χ1n) is 13.0. The number of aryl methyl sites for hydroxylation is 1. The van der Waals surface area contributed by atoms with Gasteiger partial charge in [-0.15, -0.1) is 0 Å². The molecular formula is C31H29FN2O3. The highest BCUT2D eigenvalue weighted by atomic mass is 19.1. The minimum Gasteiger partial charge on any atom is -0.423 e. The molecule has 0 radical (unpaired) electrons. The average molecular weight is 497 g/mol. The second-order valence-electron chi connectivity index (χ2n) is 10.0. The number of hydrogen-bond acceptors (Lipinski definition) is 3. The lowest BCUT2D eigenvalue weighted by atomic mass is 9.93. The number of amides is 1. The van der Waals surface area contributed by atoms with E-state index in [2.05, 4.69) is 19.1 Å². The Hall–Kier alpha value is -3.93. The molecule has 0 bridgehead atoms. The Morgan fingerprint density at radius 1 is 1.05 bits per heavy atom. The van der Waals surface area contributed by atoms with Crippen LogP contribution in [0.3, 0.4) is 0 Å². The van der Waals surface area contributed by atoms with Gasteiger partial charge < -0.3 is 14.0 Å². The molecule has 4 aromatic rings. The van der Waals surface area contributed by atoms with Gasteiger partial charge in [-0.25, -0.2) is 4.39 Å². The number of hydrogen-bond donors (Lipinski definition) is 0. The zero-order valence-corrected chi connectivity index (χ0v) is 21.0. The third kappa shape index (κ3) is 4.20. The van der Waals surface area contributed by atoms with E-state index in [1.54, 1.807) is 12.1 Å². The predicted molar refractivity (Wildman–Crippen MR) is 140 cm³/mol. The van der Waals surface area contributed by atoms with Crippen LogP contribution in [0.15, 0.2) is 66.9 Å². The number of pyridine rings is 1. The summed E-state index contributed by atoms with van der Waals surface area (Å²) in [7, 11) is 0. The Morgan fingerprint density at radius 3 is 2.65 bits per heavy atom. The molecule has 2 aliphatic rings. The minimum atomic E-state index is -0.553. The van der Waals surface area contributed by atoms with Crippen molar-refractivity contribution in [3.63, 3.8) is 0 Å². The number of carbonyl (C=O) groups excluding carboxylic acids is 2. The van der Waals surface area contributed by atoms with Crippen LogP contribution in [0, 0.1) is 11.7 Å². The number of fused-ring (bicyclic) bond motifs is 2. The number of rotatable bonds is 5. The molecule has 6 rings (SSSR count). The van der Waals surface area contributed by atoms with Crippen LogP contribution in [0.5, 0.6) is 5.75 Å². The summed E-state index contributed by atoms with van der Waals surface area (Å²) in [5.74, 6) is -1.08. The van der Waals surface area contributed by atoms with Crippen LogP contribution in [0.1, 0.15) is 59.9 Å². The summed E-state index contributed by atoms with van der Waals surface area (Å²) in [5.41, 5.74) is 5.94. The Kier molecular flexibility index (Phi) is 5.82. The van der Waals surface area contributed by atoms with Crippen LogP contribution >= 0.6 is 0 Å². The summed E-state index contributed by atoms with van der Waals surface area (Å²) >= 11 is 0. The largest absolute Gasteiger partial charge is 0.423 e. The van der Waals surface area contributed by atoms with Crippen molar-refractivity contribution in [2.45, 2.75) is 45.6 Å². The van der Waals surface area contributed by atoms with E-state index >= 15 is 4.39 Å². The van der Waals surface area contributed by atoms with Gasteiger partial charge >= 0.3 is 5.97 Å². The van der Waals surface area contributed by atoms with E-state index in [1.165, 1.54) is 17.2 Å². The van der Waals surface area contributed by atoms with Gasteiger partial charge in [0.05, 0.1) is 12.0 Å². The fourth-order valence-electron chi connectivity index (χ4n) is 5.37. The quantitative estimate of drug-likeness (QED) is 0.238. The highest BCUT2D eigenvalue weighted by Gasteiger charge is 2.32. The lowest BCUT2D eigenvalue weighted by Crippen LogP contribution is -2.38. The molecule has 2 aromatic carbocycles. The van der Waals surface area contributed by atoms with Gasteiger partial charge in [0.1, 0.15) is 0 Å². The van der Waals surface area contributed by atoms with Gasteiger partial charge in [0, 0.05) is 40.6 Å². The van der Waals surface area contributed by atoms with Gasteiger partial charge in [-0.3, -0.25) is 9.59 Å². The third-order valence-corrected chi connectivity index (χ3v) is 7.64. The molecule has 1 aliphatic heterocycles. The molecule has 2 aromatic heterocycles.